The molecule has 0 spiro atoms. The largest absolute Gasteiger partial charge is 0.462 e. The molecule has 6 nitrogen and oxygen atoms in total. The van der Waals surface area contributed by atoms with Gasteiger partial charge >= 0.3 is 17.9 Å². The van der Waals surface area contributed by atoms with Crippen molar-refractivity contribution in [2.75, 3.05) is 13.2 Å². The lowest BCUT2D eigenvalue weighted by molar-refractivity contribution is -0.167. The summed E-state index contributed by atoms with van der Waals surface area (Å²) < 4.78 is 16.8. The molecule has 0 N–H and O–H groups in total. The van der Waals surface area contributed by atoms with Gasteiger partial charge < -0.3 is 14.2 Å². The third-order valence-electron chi connectivity index (χ3n) is 11.5. The highest BCUT2D eigenvalue weighted by Gasteiger charge is 2.19. The maximum absolute atomic E-state index is 12.8. The van der Waals surface area contributed by atoms with Crippen molar-refractivity contribution in [3.05, 3.63) is 72.9 Å². The van der Waals surface area contributed by atoms with Gasteiger partial charge in [0, 0.05) is 19.3 Å². The van der Waals surface area contributed by atoms with Crippen molar-refractivity contribution in [3.63, 3.8) is 0 Å². The van der Waals surface area contributed by atoms with E-state index in [-0.39, 0.29) is 31.1 Å². The second kappa shape index (κ2) is 52.5. The second-order valence-electron chi connectivity index (χ2n) is 17.8. The number of esters is 3. The summed E-state index contributed by atoms with van der Waals surface area (Å²) in [5, 5.41) is 0. The standard InChI is InChI=1S/C58H100O6/c1-4-7-10-13-16-19-22-25-27-28-29-31-33-36-39-42-45-48-51-57(60)63-54-55(53-62-56(59)50-47-44-41-38-35-32-24-21-18-15-12-9-6-3)64-58(61)52-49-46-43-40-37-34-30-26-23-20-17-14-11-8-5-2/h9,12,15,17-18,20-21,23-24,26,29,31,55H,4-8,10-11,13-14,16,19,22,25,27-28,30,32-54H2,1-3H3/b12-9+,18-15+,20-17+,24-21+,26-23+,31-29+. The Kier molecular flexibility index (Phi) is 49.9. The molecule has 0 aromatic rings. The lowest BCUT2D eigenvalue weighted by atomic mass is 10.1. The number of hydrogen-bond acceptors (Lipinski definition) is 6. The Morgan fingerprint density at radius 1 is 0.328 bits per heavy atom. The van der Waals surface area contributed by atoms with Gasteiger partial charge in [0.15, 0.2) is 6.10 Å². The van der Waals surface area contributed by atoms with E-state index in [9.17, 15) is 14.4 Å². The van der Waals surface area contributed by atoms with Crippen molar-refractivity contribution in [2.45, 2.75) is 264 Å². The summed E-state index contributed by atoms with van der Waals surface area (Å²) in [4.78, 5) is 38.0. The molecule has 0 aliphatic rings. The van der Waals surface area contributed by atoms with Crippen molar-refractivity contribution in [2.24, 2.45) is 0 Å². The quantitative estimate of drug-likeness (QED) is 0.0199. The zero-order valence-electron chi connectivity index (χ0n) is 42.0. The van der Waals surface area contributed by atoms with Gasteiger partial charge in [0.25, 0.3) is 0 Å². The predicted octanol–water partition coefficient (Wildman–Crippen LogP) is 17.8. The number of allylic oxidation sites excluding steroid dienone is 12. The van der Waals surface area contributed by atoms with Crippen LogP contribution in [0, 0.1) is 0 Å². The van der Waals surface area contributed by atoms with E-state index in [0.717, 1.165) is 103 Å². The summed E-state index contributed by atoms with van der Waals surface area (Å²) in [5.41, 5.74) is 0. The summed E-state index contributed by atoms with van der Waals surface area (Å²) in [6.45, 7) is 6.45. The van der Waals surface area contributed by atoms with Gasteiger partial charge in [-0.15, -0.1) is 0 Å². The Hall–Kier alpha value is -3.15. The first-order chi connectivity index (χ1) is 31.5. The van der Waals surface area contributed by atoms with Crippen LogP contribution in [0.25, 0.3) is 0 Å². The van der Waals surface area contributed by atoms with Crippen LogP contribution in [0.2, 0.25) is 0 Å². The zero-order valence-corrected chi connectivity index (χ0v) is 42.0. The van der Waals surface area contributed by atoms with Crippen molar-refractivity contribution in [1.82, 2.24) is 0 Å². The average Bonchev–Trinajstić information content (AvgIpc) is 3.29. The SMILES string of the molecule is CC/C=C/C=C/C=C/CCCCCCCC(=O)OCC(COC(=O)CCCCCCC/C=C/CCCCCCCCCCC)OC(=O)CCCCCCCC/C=C/C=C/CCCCC. The highest BCUT2D eigenvalue weighted by molar-refractivity contribution is 5.71. The topological polar surface area (TPSA) is 78.9 Å². The van der Waals surface area contributed by atoms with Gasteiger partial charge in [-0.05, 0) is 89.9 Å². The lowest BCUT2D eigenvalue weighted by Crippen LogP contribution is -2.30. The van der Waals surface area contributed by atoms with Crippen molar-refractivity contribution in [3.8, 4) is 0 Å². The van der Waals surface area contributed by atoms with E-state index in [1.165, 1.54) is 116 Å². The van der Waals surface area contributed by atoms with Gasteiger partial charge in [-0.1, -0.05) is 222 Å². The van der Waals surface area contributed by atoms with Crippen LogP contribution in [0.3, 0.4) is 0 Å². The predicted molar refractivity (Wildman–Crippen MR) is 274 cm³/mol. The fourth-order valence-electron chi connectivity index (χ4n) is 7.43. The molecule has 0 heterocycles. The molecule has 0 fully saturated rings. The van der Waals surface area contributed by atoms with Crippen LogP contribution >= 0.6 is 0 Å². The lowest BCUT2D eigenvalue weighted by Gasteiger charge is -2.18. The third-order valence-corrected chi connectivity index (χ3v) is 11.5. The summed E-state index contributed by atoms with van der Waals surface area (Å²) >= 11 is 0. The molecule has 0 saturated carbocycles. The highest BCUT2D eigenvalue weighted by Crippen LogP contribution is 2.14. The normalized spacial score (nSPS) is 12.6. The van der Waals surface area contributed by atoms with Crippen molar-refractivity contribution >= 4 is 17.9 Å². The maximum atomic E-state index is 12.8. The van der Waals surface area contributed by atoms with E-state index in [1.807, 2.05) is 0 Å². The van der Waals surface area contributed by atoms with Crippen molar-refractivity contribution in [1.29, 1.82) is 0 Å². The molecule has 0 aromatic carbocycles. The smallest absolute Gasteiger partial charge is 0.306 e. The first-order valence-corrected chi connectivity index (χ1v) is 27.0. The molecule has 6 heteroatoms. The summed E-state index contributed by atoms with van der Waals surface area (Å²) in [5.74, 6) is -0.928. The minimum Gasteiger partial charge on any atom is -0.462 e. The molecule has 0 aromatic heterocycles. The Bertz CT molecular complexity index is 1210. The molecular formula is C58H100O6. The van der Waals surface area contributed by atoms with Gasteiger partial charge in [0.1, 0.15) is 13.2 Å². The zero-order chi connectivity index (χ0) is 46.5. The molecule has 368 valence electrons. The number of unbranched alkanes of at least 4 members (excludes halogenated alkanes) is 28. The molecule has 0 bridgehead atoms. The first-order valence-electron chi connectivity index (χ1n) is 27.0. The van der Waals surface area contributed by atoms with E-state index >= 15 is 0 Å². The summed E-state index contributed by atoms with van der Waals surface area (Å²) in [6, 6.07) is 0. The van der Waals surface area contributed by atoms with Gasteiger partial charge in [0.2, 0.25) is 0 Å². The molecule has 1 atom stereocenters. The van der Waals surface area contributed by atoms with Crippen LogP contribution < -0.4 is 0 Å². The van der Waals surface area contributed by atoms with Crippen molar-refractivity contribution < 1.29 is 28.6 Å². The van der Waals surface area contributed by atoms with Gasteiger partial charge in [0.05, 0.1) is 0 Å². The highest BCUT2D eigenvalue weighted by atomic mass is 16.6. The van der Waals surface area contributed by atoms with E-state index in [2.05, 4.69) is 93.7 Å². The minimum atomic E-state index is -0.793. The molecule has 0 saturated heterocycles. The van der Waals surface area contributed by atoms with Crippen LogP contribution in [-0.4, -0.2) is 37.2 Å². The Balaban J connectivity index is 4.41. The number of rotatable bonds is 48. The number of carbonyl (C=O) groups is 3. The van der Waals surface area contributed by atoms with E-state index in [1.54, 1.807) is 0 Å². The van der Waals surface area contributed by atoms with Gasteiger partial charge in [-0.25, -0.2) is 0 Å². The van der Waals surface area contributed by atoms with Crippen LogP contribution in [0.5, 0.6) is 0 Å². The van der Waals surface area contributed by atoms with Gasteiger partial charge in [-0.2, -0.15) is 0 Å². The fraction of sp³-hybridized carbons (Fsp3) is 0.741. The van der Waals surface area contributed by atoms with Crippen LogP contribution in [0.1, 0.15) is 258 Å². The van der Waals surface area contributed by atoms with E-state index in [4.69, 9.17) is 14.2 Å². The first kappa shape index (κ1) is 60.9. The van der Waals surface area contributed by atoms with Gasteiger partial charge in [-0.3, -0.25) is 14.4 Å². The third kappa shape index (κ3) is 49.9. The number of carbonyl (C=O) groups excluding carboxylic acids is 3. The molecule has 0 radical (unpaired) electrons. The molecule has 1 unspecified atom stereocenters. The molecule has 0 aliphatic carbocycles. The monoisotopic (exact) mass is 893 g/mol. The van der Waals surface area contributed by atoms with Crippen LogP contribution in [-0.2, 0) is 28.6 Å². The molecule has 0 aliphatic heterocycles. The fourth-order valence-corrected chi connectivity index (χ4v) is 7.43. The molecule has 64 heavy (non-hydrogen) atoms. The molecule has 0 rings (SSSR count). The number of hydrogen-bond donors (Lipinski definition) is 0. The average molecular weight is 893 g/mol. The molecule has 0 amide bonds. The van der Waals surface area contributed by atoms with E-state index in [0.29, 0.717) is 19.3 Å². The van der Waals surface area contributed by atoms with E-state index < -0.39 is 6.10 Å². The number of ether oxygens (including phenoxy) is 3. The minimum absolute atomic E-state index is 0.0913. The van der Waals surface area contributed by atoms with Crippen LogP contribution in [0.15, 0.2) is 72.9 Å². The Labute approximate surface area is 395 Å². The molecular weight excluding hydrogens is 793 g/mol. The Morgan fingerprint density at radius 3 is 1.03 bits per heavy atom. The van der Waals surface area contributed by atoms with Crippen LogP contribution in [0.4, 0.5) is 0 Å². The second-order valence-corrected chi connectivity index (χ2v) is 17.8. The summed E-state index contributed by atoms with van der Waals surface area (Å²) in [7, 11) is 0. The summed E-state index contributed by atoms with van der Waals surface area (Å²) in [6.07, 6.45) is 66.0. The maximum Gasteiger partial charge on any atom is 0.306 e. The Morgan fingerprint density at radius 2 is 0.625 bits per heavy atom.